The average Bonchev–Trinajstić information content (AvgIpc) is 3.41. The highest BCUT2D eigenvalue weighted by Gasteiger charge is 2.16. The predicted molar refractivity (Wildman–Crippen MR) is 116 cm³/mol. The molecule has 4 rings (SSSR count). The minimum atomic E-state index is -0.399. The normalized spacial score (nSPS) is 11.0. The fourth-order valence-corrected chi connectivity index (χ4v) is 3.64. The Morgan fingerprint density at radius 2 is 2.06 bits per heavy atom. The molecular weight excluding hydrogens is 396 g/mol. The summed E-state index contributed by atoms with van der Waals surface area (Å²) in [6, 6.07) is 9.08. The number of carbonyl (C=O) groups excluding carboxylic acids is 1. The van der Waals surface area contributed by atoms with Gasteiger partial charge in [0.2, 0.25) is 5.95 Å². The molecule has 8 nitrogen and oxygen atoms in total. The van der Waals surface area contributed by atoms with Crippen molar-refractivity contribution in [3.8, 4) is 5.75 Å². The molecule has 1 N–H and O–H groups in total. The van der Waals surface area contributed by atoms with Crippen LogP contribution in [0.15, 0.2) is 47.2 Å². The van der Waals surface area contributed by atoms with Crippen LogP contribution in [-0.4, -0.2) is 34.7 Å². The molecule has 0 saturated heterocycles. The van der Waals surface area contributed by atoms with Crippen LogP contribution >= 0.6 is 0 Å². The number of hydrogen-bond donors (Lipinski definition) is 1. The molecule has 0 spiro atoms. The fourth-order valence-electron chi connectivity index (χ4n) is 3.64. The fraction of sp³-hybridized carbons (Fsp3) is 0.261. The lowest BCUT2D eigenvalue weighted by Gasteiger charge is -2.14. The van der Waals surface area contributed by atoms with Gasteiger partial charge in [0.25, 0.3) is 0 Å². The number of hydrogen-bond acceptors (Lipinski definition) is 7. The minimum absolute atomic E-state index is 0.399. The summed E-state index contributed by atoms with van der Waals surface area (Å²) in [6.07, 6.45) is 3.44. The van der Waals surface area contributed by atoms with Gasteiger partial charge in [-0.1, -0.05) is 0 Å². The van der Waals surface area contributed by atoms with E-state index in [0.717, 1.165) is 33.8 Å². The average molecular weight is 420 g/mol. The maximum atomic E-state index is 11.9. The SMILES string of the molecule is COC(=O)c1ccc2c(c1)nc(NCc1ncc(C)c(OC)c1C)n2Cc1ccco1. The number of aromatic nitrogens is 3. The molecule has 0 bridgehead atoms. The maximum absolute atomic E-state index is 11.9. The van der Waals surface area contributed by atoms with Gasteiger partial charge in [-0.15, -0.1) is 0 Å². The van der Waals surface area contributed by atoms with Crippen molar-refractivity contribution in [2.75, 3.05) is 19.5 Å². The number of imidazole rings is 1. The second kappa shape index (κ2) is 8.51. The Kier molecular flexibility index (Phi) is 5.62. The van der Waals surface area contributed by atoms with E-state index in [2.05, 4.69) is 10.3 Å². The molecule has 0 saturated carbocycles. The Hall–Kier alpha value is -3.81. The van der Waals surface area contributed by atoms with Gasteiger partial charge in [-0.3, -0.25) is 4.98 Å². The zero-order valence-electron chi connectivity index (χ0n) is 17.9. The number of aryl methyl sites for hydroxylation is 1. The number of ether oxygens (including phenoxy) is 2. The number of methoxy groups -OCH3 is 2. The second-order valence-corrected chi connectivity index (χ2v) is 7.20. The number of pyridine rings is 1. The third-order valence-corrected chi connectivity index (χ3v) is 5.23. The van der Waals surface area contributed by atoms with E-state index in [9.17, 15) is 4.79 Å². The molecule has 0 aliphatic carbocycles. The Balaban J connectivity index is 1.71. The summed E-state index contributed by atoms with van der Waals surface area (Å²) < 4.78 is 17.9. The summed E-state index contributed by atoms with van der Waals surface area (Å²) in [5, 5.41) is 3.38. The highest BCUT2D eigenvalue weighted by atomic mass is 16.5. The van der Waals surface area contributed by atoms with E-state index in [1.165, 1.54) is 7.11 Å². The van der Waals surface area contributed by atoms with Crippen molar-refractivity contribution in [1.82, 2.24) is 14.5 Å². The highest BCUT2D eigenvalue weighted by Crippen LogP contribution is 2.26. The van der Waals surface area contributed by atoms with E-state index >= 15 is 0 Å². The van der Waals surface area contributed by atoms with Gasteiger partial charge in [0, 0.05) is 17.3 Å². The third kappa shape index (κ3) is 3.96. The van der Waals surface area contributed by atoms with Crippen molar-refractivity contribution in [1.29, 1.82) is 0 Å². The van der Waals surface area contributed by atoms with Crippen molar-refractivity contribution in [3.05, 3.63) is 70.9 Å². The van der Waals surface area contributed by atoms with Crippen LogP contribution in [0.2, 0.25) is 0 Å². The number of nitrogens with one attached hydrogen (secondary N) is 1. The number of furan rings is 1. The molecule has 0 aliphatic rings. The zero-order chi connectivity index (χ0) is 22.0. The Bertz CT molecular complexity index is 1230. The molecule has 3 aromatic heterocycles. The monoisotopic (exact) mass is 420 g/mol. The highest BCUT2D eigenvalue weighted by molar-refractivity contribution is 5.94. The molecule has 0 aliphatic heterocycles. The molecule has 8 heteroatoms. The van der Waals surface area contributed by atoms with E-state index in [1.54, 1.807) is 31.7 Å². The standard InChI is InChI=1S/C23H24N4O4/c1-14-11-24-19(15(2)21(14)29-3)12-25-23-26-18-10-16(22(28)30-4)7-8-20(18)27(23)13-17-6-5-9-31-17/h5-11H,12-13H2,1-4H3,(H,25,26). The molecular formula is C23H24N4O4. The number of esters is 1. The van der Waals surface area contributed by atoms with E-state index < -0.39 is 5.97 Å². The third-order valence-electron chi connectivity index (χ3n) is 5.23. The van der Waals surface area contributed by atoms with Crippen LogP contribution in [-0.2, 0) is 17.8 Å². The van der Waals surface area contributed by atoms with Crippen LogP contribution in [0.3, 0.4) is 0 Å². The van der Waals surface area contributed by atoms with Gasteiger partial charge in [0.05, 0.1) is 55.9 Å². The van der Waals surface area contributed by atoms with Crippen LogP contribution in [0.5, 0.6) is 5.75 Å². The Morgan fingerprint density at radius 1 is 1.23 bits per heavy atom. The molecule has 31 heavy (non-hydrogen) atoms. The van der Waals surface area contributed by atoms with Crippen LogP contribution in [0.1, 0.15) is 32.9 Å². The molecule has 4 aromatic rings. The van der Waals surface area contributed by atoms with Gasteiger partial charge in [-0.25, -0.2) is 9.78 Å². The number of rotatable bonds is 7. The quantitative estimate of drug-likeness (QED) is 0.450. The van der Waals surface area contributed by atoms with Gasteiger partial charge in [0.1, 0.15) is 11.5 Å². The van der Waals surface area contributed by atoms with Gasteiger partial charge in [0.15, 0.2) is 0 Å². The minimum Gasteiger partial charge on any atom is -0.496 e. The van der Waals surface area contributed by atoms with Gasteiger partial charge in [-0.05, 0) is 44.2 Å². The largest absolute Gasteiger partial charge is 0.496 e. The molecule has 0 amide bonds. The Labute approximate surface area is 179 Å². The first kappa shape index (κ1) is 20.5. The lowest BCUT2D eigenvalue weighted by molar-refractivity contribution is 0.0601. The van der Waals surface area contributed by atoms with Crippen LogP contribution in [0.25, 0.3) is 11.0 Å². The van der Waals surface area contributed by atoms with E-state index in [4.69, 9.17) is 18.9 Å². The van der Waals surface area contributed by atoms with Crippen LogP contribution < -0.4 is 10.1 Å². The number of carbonyl (C=O) groups is 1. The first-order valence-corrected chi connectivity index (χ1v) is 9.85. The number of anilines is 1. The van der Waals surface area contributed by atoms with Gasteiger partial charge in [-0.2, -0.15) is 0 Å². The number of benzene rings is 1. The van der Waals surface area contributed by atoms with Crippen molar-refractivity contribution >= 4 is 23.0 Å². The Morgan fingerprint density at radius 3 is 2.77 bits per heavy atom. The van der Waals surface area contributed by atoms with Gasteiger partial charge >= 0.3 is 5.97 Å². The summed E-state index contributed by atoms with van der Waals surface area (Å²) in [5.41, 5.74) is 4.85. The van der Waals surface area contributed by atoms with Crippen molar-refractivity contribution in [2.45, 2.75) is 26.9 Å². The number of nitrogens with zero attached hydrogens (tertiary/aromatic N) is 3. The molecule has 0 fully saturated rings. The lowest BCUT2D eigenvalue weighted by atomic mass is 10.1. The van der Waals surface area contributed by atoms with E-state index in [-0.39, 0.29) is 0 Å². The van der Waals surface area contributed by atoms with Crippen molar-refractivity contribution in [3.63, 3.8) is 0 Å². The number of fused-ring (bicyclic) bond motifs is 1. The summed E-state index contributed by atoms with van der Waals surface area (Å²) in [5.74, 6) is 1.88. The molecule has 160 valence electrons. The summed E-state index contributed by atoms with van der Waals surface area (Å²) in [7, 11) is 3.02. The van der Waals surface area contributed by atoms with Crippen LogP contribution in [0, 0.1) is 13.8 Å². The molecule has 0 unspecified atom stereocenters. The van der Waals surface area contributed by atoms with E-state index in [1.807, 2.05) is 36.6 Å². The summed E-state index contributed by atoms with van der Waals surface area (Å²) in [4.78, 5) is 21.2. The van der Waals surface area contributed by atoms with Crippen LogP contribution in [0.4, 0.5) is 5.95 Å². The maximum Gasteiger partial charge on any atom is 0.337 e. The smallest absolute Gasteiger partial charge is 0.337 e. The lowest BCUT2D eigenvalue weighted by Crippen LogP contribution is -2.11. The molecule has 3 heterocycles. The zero-order valence-corrected chi connectivity index (χ0v) is 17.9. The predicted octanol–water partition coefficient (Wildman–Crippen LogP) is 4.10. The summed E-state index contributed by atoms with van der Waals surface area (Å²) in [6.45, 7) is 4.92. The van der Waals surface area contributed by atoms with Crippen molar-refractivity contribution < 1.29 is 18.7 Å². The van der Waals surface area contributed by atoms with Gasteiger partial charge < -0.3 is 23.8 Å². The first-order chi connectivity index (χ1) is 15.0. The first-order valence-electron chi connectivity index (χ1n) is 9.85. The van der Waals surface area contributed by atoms with Crippen molar-refractivity contribution in [2.24, 2.45) is 0 Å². The van der Waals surface area contributed by atoms with E-state index in [0.29, 0.717) is 30.1 Å². The summed E-state index contributed by atoms with van der Waals surface area (Å²) >= 11 is 0. The topological polar surface area (TPSA) is 91.4 Å². The molecule has 0 radical (unpaired) electrons. The molecule has 1 aromatic carbocycles. The second-order valence-electron chi connectivity index (χ2n) is 7.20. The molecule has 0 atom stereocenters.